The van der Waals surface area contributed by atoms with Gasteiger partial charge in [0.2, 0.25) is 5.91 Å². The van der Waals surface area contributed by atoms with Crippen LogP contribution in [0.2, 0.25) is 0 Å². The van der Waals surface area contributed by atoms with E-state index in [1.165, 1.54) is 30.8 Å². The summed E-state index contributed by atoms with van der Waals surface area (Å²) in [5.74, 6) is -0.184. The third-order valence-electron chi connectivity index (χ3n) is 3.59. The average Bonchev–Trinajstić information content (AvgIpc) is 3.22. The summed E-state index contributed by atoms with van der Waals surface area (Å²) in [4.78, 5) is 33.9. The van der Waals surface area contributed by atoms with Crippen molar-refractivity contribution < 1.29 is 14.3 Å². The first-order valence-corrected chi connectivity index (χ1v) is 7.98. The predicted octanol–water partition coefficient (Wildman–Crippen LogP) is 1.41. The molecule has 1 fully saturated rings. The van der Waals surface area contributed by atoms with E-state index in [1.54, 1.807) is 16.3 Å². The van der Waals surface area contributed by atoms with E-state index in [2.05, 4.69) is 15.3 Å². The standard InChI is InChI=1S/C15H13N5O3S/c1-23-15(22)10-3-5-24-14(10)20-4-2-11(13(20)21)19-12-8-17-9(6-16)7-18-12/h3,5,7-8,11H,2,4H2,1H3,(H,18,19)/t11-/m0/s1. The van der Waals surface area contributed by atoms with E-state index < -0.39 is 12.0 Å². The molecule has 1 saturated heterocycles. The number of carbonyl (C=O) groups is 2. The second kappa shape index (κ2) is 6.64. The highest BCUT2D eigenvalue weighted by Crippen LogP contribution is 2.32. The van der Waals surface area contributed by atoms with Gasteiger partial charge in [-0.2, -0.15) is 5.26 Å². The number of esters is 1. The summed E-state index contributed by atoms with van der Waals surface area (Å²) in [5, 5.41) is 14.1. The Labute approximate surface area is 141 Å². The average molecular weight is 343 g/mol. The van der Waals surface area contributed by atoms with Gasteiger partial charge in [-0.15, -0.1) is 11.3 Å². The van der Waals surface area contributed by atoms with Crippen LogP contribution in [0.15, 0.2) is 23.8 Å². The lowest BCUT2D eigenvalue weighted by Gasteiger charge is -2.17. The SMILES string of the molecule is COC(=O)c1ccsc1N1CC[C@H](Nc2cnc(C#N)cn2)C1=O. The summed E-state index contributed by atoms with van der Waals surface area (Å²) in [7, 11) is 1.31. The van der Waals surface area contributed by atoms with Crippen molar-refractivity contribution >= 4 is 34.0 Å². The molecular weight excluding hydrogens is 330 g/mol. The van der Waals surface area contributed by atoms with Crippen molar-refractivity contribution in [2.24, 2.45) is 0 Å². The molecule has 0 saturated carbocycles. The second-order valence-corrected chi connectivity index (χ2v) is 5.90. The number of thiophene rings is 1. The van der Waals surface area contributed by atoms with Gasteiger partial charge in [0.1, 0.15) is 22.9 Å². The Morgan fingerprint density at radius 2 is 2.33 bits per heavy atom. The number of nitrogens with zero attached hydrogens (tertiary/aromatic N) is 4. The van der Waals surface area contributed by atoms with Gasteiger partial charge in [0, 0.05) is 6.54 Å². The summed E-state index contributed by atoms with van der Waals surface area (Å²) in [6.45, 7) is 0.491. The van der Waals surface area contributed by atoms with Crippen molar-refractivity contribution in [1.82, 2.24) is 9.97 Å². The zero-order chi connectivity index (χ0) is 17.1. The van der Waals surface area contributed by atoms with Gasteiger partial charge in [-0.1, -0.05) is 0 Å². The normalized spacial score (nSPS) is 16.8. The molecule has 1 amide bonds. The van der Waals surface area contributed by atoms with Gasteiger partial charge in [-0.05, 0) is 17.9 Å². The molecule has 1 atom stereocenters. The molecule has 1 N–H and O–H groups in total. The van der Waals surface area contributed by atoms with Crippen LogP contribution in [-0.4, -0.2) is 41.5 Å². The Morgan fingerprint density at radius 3 is 3.00 bits per heavy atom. The number of carbonyl (C=O) groups excluding carboxylic acids is 2. The minimum Gasteiger partial charge on any atom is -0.465 e. The maximum atomic E-state index is 12.6. The van der Waals surface area contributed by atoms with Gasteiger partial charge < -0.3 is 15.0 Å². The maximum Gasteiger partial charge on any atom is 0.340 e. The molecule has 1 aliphatic heterocycles. The first-order valence-electron chi connectivity index (χ1n) is 7.10. The van der Waals surface area contributed by atoms with Crippen LogP contribution in [0.5, 0.6) is 0 Å². The van der Waals surface area contributed by atoms with Crippen molar-refractivity contribution in [1.29, 1.82) is 5.26 Å². The zero-order valence-electron chi connectivity index (χ0n) is 12.7. The van der Waals surface area contributed by atoms with Crippen molar-refractivity contribution in [2.45, 2.75) is 12.5 Å². The van der Waals surface area contributed by atoms with Gasteiger partial charge >= 0.3 is 5.97 Å². The number of anilines is 2. The summed E-state index contributed by atoms with van der Waals surface area (Å²) in [6, 6.07) is 3.07. The fourth-order valence-corrected chi connectivity index (χ4v) is 3.35. The van der Waals surface area contributed by atoms with Crippen LogP contribution in [0.1, 0.15) is 22.5 Å². The number of hydrogen-bond donors (Lipinski definition) is 1. The number of amides is 1. The lowest BCUT2D eigenvalue weighted by atomic mass is 10.2. The number of hydrogen-bond acceptors (Lipinski definition) is 8. The van der Waals surface area contributed by atoms with E-state index in [4.69, 9.17) is 10.00 Å². The van der Waals surface area contributed by atoms with Crippen molar-refractivity contribution in [3.63, 3.8) is 0 Å². The number of rotatable bonds is 4. The highest BCUT2D eigenvalue weighted by Gasteiger charge is 2.35. The van der Waals surface area contributed by atoms with Crippen LogP contribution in [0.25, 0.3) is 0 Å². The van der Waals surface area contributed by atoms with Gasteiger partial charge in [0.25, 0.3) is 0 Å². The molecule has 0 unspecified atom stereocenters. The van der Waals surface area contributed by atoms with Crippen LogP contribution < -0.4 is 10.2 Å². The van der Waals surface area contributed by atoms with Crippen molar-refractivity contribution in [3.05, 3.63) is 35.1 Å². The third kappa shape index (κ3) is 2.91. The number of aromatic nitrogens is 2. The zero-order valence-corrected chi connectivity index (χ0v) is 13.5. The van der Waals surface area contributed by atoms with Gasteiger partial charge in [-0.25, -0.2) is 14.8 Å². The molecule has 24 heavy (non-hydrogen) atoms. The molecule has 9 heteroatoms. The molecular formula is C15H13N5O3S. The lowest BCUT2D eigenvalue weighted by Crippen LogP contribution is -2.34. The molecule has 0 aliphatic carbocycles. The van der Waals surface area contributed by atoms with Crippen LogP contribution in [-0.2, 0) is 9.53 Å². The molecule has 2 aromatic rings. The molecule has 0 spiro atoms. The highest BCUT2D eigenvalue weighted by molar-refractivity contribution is 7.14. The largest absolute Gasteiger partial charge is 0.465 e. The molecule has 0 aromatic carbocycles. The van der Waals surface area contributed by atoms with Crippen molar-refractivity contribution in [2.75, 3.05) is 23.9 Å². The molecule has 3 rings (SSSR count). The van der Waals surface area contributed by atoms with Gasteiger partial charge in [-0.3, -0.25) is 4.79 Å². The van der Waals surface area contributed by atoms with Gasteiger partial charge in [0.05, 0.1) is 25.1 Å². The summed E-state index contributed by atoms with van der Waals surface area (Å²) in [6.07, 6.45) is 3.33. The Kier molecular flexibility index (Phi) is 4.39. The third-order valence-corrected chi connectivity index (χ3v) is 4.52. The molecule has 8 nitrogen and oxygen atoms in total. The first kappa shape index (κ1) is 15.9. The van der Waals surface area contributed by atoms with E-state index in [0.717, 1.165) is 0 Å². The molecule has 3 heterocycles. The summed E-state index contributed by atoms with van der Waals surface area (Å²) >= 11 is 1.32. The Morgan fingerprint density at radius 1 is 1.50 bits per heavy atom. The van der Waals surface area contributed by atoms with E-state index in [0.29, 0.717) is 29.3 Å². The van der Waals surface area contributed by atoms with E-state index in [-0.39, 0.29) is 11.6 Å². The predicted molar refractivity (Wildman–Crippen MR) is 86.8 cm³/mol. The quantitative estimate of drug-likeness (QED) is 0.836. The maximum absolute atomic E-state index is 12.6. The van der Waals surface area contributed by atoms with E-state index in [1.807, 2.05) is 6.07 Å². The number of ether oxygens (including phenoxy) is 1. The smallest absolute Gasteiger partial charge is 0.340 e. The van der Waals surface area contributed by atoms with Crippen LogP contribution in [0, 0.1) is 11.3 Å². The summed E-state index contributed by atoms with van der Waals surface area (Å²) < 4.78 is 4.74. The van der Waals surface area contributed by atoms with Gasteiger partial charge in [0.15, 0.2) is 5.69 Å². The lowest BCUT2D eigenvalue weighted by molar-refractivity contribution is -0.117. The second-order valence-electron chi connectivity index (χ2n) is 5.01. The molecule has 2 aromatic heterocycles. The van der Waals surface area contributed by atoms with E-state index >= 15 is 0 Å². The Bertz CT molecular complexity index is 811. The van der Waals surface area contributed by atoms with E-state index in [9.17, 15) is 9.59 Å². The Balaban J connectivity index is 1.74. The highest BCUT2D eigenvalue weighted by atomic mass is 32.1. The van der Waals surface area contributed by atoms with Crippen LogP contribution in [0.3, 0.4) is 0 Å². The number of nitrogens with one attached hydrogen (secondary N) is 1. The monoisotopic (exact) mass is 343 g/mol. The minimum absolute atomic E-state index is 0.145. The topological polar surface area (TPSA) is 108 Å². The molecule has 122 valence electrons. The number of nitriles is 1. The van der Waals surface area contributed by atoms with Crippen LogP contribution >= 0.6 is 11.3 Å². The molecule has 0 bridgehead atoms. The first-order chi connectivity index (χ1) is 11.6. The minimum atomic E-state index is -0.464. The molecule has 0 radical (unpaired) electrons. The van der Waals surface area contributed by atoms with Crippen LogP contribution in [0.4, 0.5) is 10.8 Å². The fourth-order valence-electron chi connectivity index (χ4n) is 2.43. The number of methoxy groups -OCH3 is 1. The molecule has 1 aliphatic rings. The fraction of sp³-hybridized carbons (Fsp3) is 0.267. The Hall–Kier alpha value is -2.99. The van der Waals surface area contributed by atoms with Crippen molar-refractivity contribution in [3.8, 4) is 6.07 Å². The summed E-state index contributed by atoms with van der Waals surface area (Å²) in [5.41, 5.74) is 0.593.